The summed E-state index contributed by atoms with van der Waals surface area (Å²) in [7, 11) is 0. The quantitative estimate of drug-likeness (QED) is 0.389. The van der Waals surface area contributed by atoms with Crippen molar-refractivity contribution in [3.63, 3.8) is 0 Å². The summed E-state index contributed by atoms with van der Waals surface area (Å²) < 4.78 is 17.8. The lowest BCUT2D eigenvalue weighted by Crippen LogP contribution is -2.33. The molecule has 2 aromatic carbocycles. The lowest BCUT2D eigenvalue weighted by atomic mass is 9.84. The zero-order valence-corrected chi connectivity index (χ0v) is 27.1. The molecule has 1 saturated heterocycles. The second kappa shape index (κ2) is 16.2. The number of ether oxygens (including phenoxy) is 3. The minimum Gasteiger partial charge on any atom is -0.507 e. The van der Waals surface area contributed by atoms with Crippen LogP contribution in [0.3, 0.4) is 0 Å². The third kappa shape index (κ3) is 10.7. The van der Waals surface area contributed by atoms with Crippen molar-refractivity contribution in [1.29, 1.82) is 0 Å². The first-order valence-electron chi connectivity index (χ1n) is 15.4. The Morgan fingerprint density at radius 1 is 0.535 bits per heavy atom. The van der Waals surface area contributed by atoms with Gasteiger partial charge in [-0.05, 0) is 34.1 Å². The lowest BCUT2D eigenvalue weighted by molar-refractivity contribution is 0.0309. The second-order valence-corrected chi connectivity index (χ2v) is 13.5. The fourth-order valence-electron chi connectivity index (χ4n) is 5.09. The van der Waals surface area contributed by atoms with Gasteiger partial charge in [-0.1, -0.05) is 53.7 Å². The molecule has 0 amide bonds. The summed E-state index contributed by atoms with van der Waals surface area (Å²) in [6.45, 7) is 19.0. The van der Waals surface area contributed by atoms with Crippen LogP contribution in [0.4, 0.5) is 0 Å². The molecule has 43 heavy (non-hydrogen) atoms. The summed E-state index contributed by atoms with van der Waals surface area (Å²) in [5, 5.41) is 41.5. The van der Waals surface area contributed by atoms with Crippen LogP contribution in [0.1, 0.15) is 74.9 Å². The van der Waals surface area contributed by atoms with E-state index in [0.717, 1.165) is 22.3 Å². The largest absolute Gasteiger partial charge is 0.507 e. The number of phenols is 2. The molecular formula is C34H54N2O7. The van der Waals surface area contributed by atoms with E-state index in [0.29, 0.717) is 90.0 Å². The Hall–Kier alpha value is -2.24. The van der Waals surface area contributed by atoms with Gasteiger partial charge in [0.1, 0.15) is 11.5 Å². The van der Waals surface area contributed by atoms with Crippen molar-refractivity contribution in [2.24, 2.45) is 0 Å². The molecule has 1 aliphatic rings. The number of benzene rings is 2. The third-order valence-corrected chi connectivity index (χ3v) is 7.98. The van der Waals surface area contributed by atoms with E-state index in [1.807, 2.05) is 24.3 Å². The Balaban J connectivity index is 1.70. The molecule has 1 heterocycles. The van der Waals surface area contributed by atoms with Gasteiger partial charge in [-0.25, -0.2) is 0 Å². The summed E-state index contributed by atoms with van der Waals surface area (Å²) in [6.07, 6.45) is 0. The van der Waals surface area contributed by atoms with Gasteiger partial charge in [-0.15, -0.1) is 0 Å². The molecule has 0 aromatic heterocycles. The third-order valence-electron chi connectivity index (χ3n) is 7.98. The molecule has 0 atom stereocenters. The summed E-state index contributed by atoms with van der Waals surface area (Å²) in [5.41, 5.74) is 4.53. The Labute approximate surface area is 258 Å². The second-order valence-electron chi connectivity index (χ2n) is 13.5. The van der Waals surface area contributed by atoms with Crippen molar-refractivity contribution < 1.29 is 34.6 Å². The van der Waals surface area contributed by atoms with Gasteiger partial charge in [0, 0.05) is 61.5 Å². The Kier molecular flexibility index (Phi) is 13.3. The highest BCUT2D eigenvalue weighted by atomic mass is 16.5. The van der Waals surface area contributed by atoms with Gasteiger partial charge in [0.25, 0.3) is 0 Å². The van der Waals surface area contributed by atoms with Crippen LogP contribution in [0.2, 0.25) is 0 Å². The number of rotatable bonds is 6. The highest BCUT2D eigenvalue weighted by molar-refractivity contribution is 5.46. The Morgan fingerprint density at radius 2 is 0.837 bits per heavy atom. The van der Waals surface area contributed by atoms with E-state index in [1.165, 1.54) is 0 Å². The molecule has 1 fully saturated rings. The molecule has 0 bridgehead atoms. The lowest BCUT2D eigenvalue weighted by Gasteiger charge is -2.27. The first-order chi connectivity index (χ1) is 20.3. The Bertz CT molecular complexity index is 1070. The summed E-state index contributed by atoms with van der Waals surface area (Å²) in [5.74, 6) is 0.279. The average Bonchev–Trinajstić information content (AvgIpc) is 2.94. The highest BCUT2D eigenvalue weighted by Gasteiger charge is 2.22. The molecule has 4 N–H and O–H groups in total. The van der Waals surface area contributed by atoms with E-state index in [2.05, 4.69) is 51.3 Å². The first-order valence-corrected chi connectivity index (χ1v) is 15.4. The minimum atomic E-state index is -0.217. The van der Waals surface area contributed by atoms with Gasteiger partial charge in [-0.2, -0.15) is 0 Å². The smallest absolute Gasteiger partial charge is 0.125 e. The van der Waals surface area contributed by atoms with Gasteiger partial charge < -0.3 is 34.6 Å². The molecule has 0 aliphatic carbocycles. The molecule has 0 saturated carbocycles. The van der Waals surface area contributed by atoms with Gasteiger partial charge in [0.15, 0.2) is 0 Å². The molecule has 2 aromatic rings. The van der Waals surface area contributed by atoms with Crippen LogP contribution in [0.15, 0.2) is 24.3 Å². The number of nitrogens with zero attached hydrogens (tertiary/aromatic N) is 2. The molecule has 242 valence electrons. The molecule has 1 aliphatic heterocycles. The number of aliphatic hydroxyl groups is 2. The summed E-state index contributed by atoms with van der Waals surface area (Å²) >= 11 is 0. The van der Waals surface area contributed by atoms with Crippen molar-refractivity contribution in [2.45, 2.75) is 78.7 Å². The predicted octanol–water partition coefficient (Wildman–Crippen LogP) is 4.05. The standard InChI is InChI=1S/C34H54N2O7/c1-33(2,3)29-17-25(31(39)27(19-29)23-37)21-35-7-11-41-12-8-36(10-14-43-16-15-42-13-9-35)22-26-18-30(34(4,5)6)20-28(24-38)32(26)40/h17-20,37-40H,7-16,21-24H2,1-6H3. The monoisotopic (exact) mass is 602 g/mol. The van der Waals surface area contributed by atoms with E-state index in [1.54, 1.807) is 0 Å². The Morgan fingerprint density at radius 3 is 1.14 bits per heavy atom. The number of hydrogen-bond donors (Lipinski definition) is 4. The fourth-order valence-corrected chi connectivity index (χ4v) is 5.09. The molecule has 3 rings (SSSR count). The topological polar surface area (TPSA) is 115 Å². The van der Waals surface area contributed by atoms with Gasteiger partial charge in [0.05, 0.1) is 52.9 Å². The van der Waals surface area contributed by atoms with E-state index in [9.17, 15) is 20.4 Å². The zero-order chi connectivity index (χ0) is 31.6. The van der Waals surface area contributed by atoms with Crippen LogP contribution in [0.25, 0.3) is 0 Å². The summed E-state index contributed by atoms with van der Waals surface area (Å²) in [6, 6.07) is 7.83. The molecular weight excluding hydrogens is 548 g/mol. The van der Waals surface area contributed by atoms with Crippen LogP contribution in [-0.2, 0) is 51.3 Å². The first kappa shape index (κ1) is 35.2. The predicted molar refractivity (Wildman–Crippen MR) is 168 cm³/mol. The van der Waals surface area contributed by atoms with E-state index in [4.69, 9.17) is 14.2 Å². The minimum absolute atomic E-state index is 0.119. The highest BCUT2D eigenvalue weighted by Crippen LogP contribution is 2.33. The van der Waals surface area contributed by atoms with Crippen LogP contribution in [-0.4, -0.2) is 96.0 Å². The number of aromatic hydroxyl groups is 2. The molecule has 9 heteroatoms. The van der Waals surface area contributed by atoms with Crippen molar-refractivity contribution in [1.82, 2.24) is 9.80 Å². The van der Waals surface area contributed by atoms with E-state index in [-0.39, 0.29) is 35.5 Å². The number of hydrogen-bond acceptors (Lipinski definition) is 9. The molecule has 9 nitrogen and oxygen atoms in total. The van der Waals surface area contributed by atoms with Crippen LogP contribution < -0.4 is 0 Å². The number of aliphatic hydroxyl groups excluding tert-OH is 2. The van der Waals surface area contributed by atoms with Crippen molar-refractivity contribution in [2.75, 3.05) is 65.8 Å². The van der Waals surface area contributed by atoms with E-state index < -0.39 is 0 Å². The normalized spacial score (nSPS) is 17.9. The maximum atomic E-state index is 10.9. The van der Waals surface area contributed by atoms with E-state index >= 15 is 0 Å². The maximum absolute atomic E-state index is 10.9. The SMILES string of the molecule is CC(C)(C)c1cc(CO)c(O)c(CN2CCOCCOCCN(Cc3cc(C(C)(C)C)cc(CO)c3O)CCOCC2)c1. The van der Waals surface area contributed by atoms with Crippen LogP contribution >= 0.6 is 0 Å². The maximum Gasteiger partial charge on any atom is 0.125 e. The average molecular weight is 603 g/mol. The zero-order valence-electron chi connectivity index (χ0n) is 27.1. The molecule has 0 spiro atoms. The van der Waals surface area contributed by atoms with Crippen LogP contribution in [0, 0.1) is 0 Å². The molecule has 0 unspecified atom stereocenters. The van der Waals surface area contributed by atoms with Crippen LogP contribution in [0.5, 0.6) is 11.5 Å². The molecule has 0 radical (unpaired) electrons. The van der Waals surface area contributed by atoms with Gasteiger partial charge >= 0.3 is 0 Å². The van der Waals surface area contributed by atoms with Gasteiger partial charge in [-0.3, -0.25) is 9.80 Å². The fraction of sp³-hybridized carbons (Fsp3) is 0.647. The van der Waals surface area contributed by atoms with Crippen molar-refractivity contribution >= 4 is 0 Å². The van der Waals surface area contributed by atoms with Crippen molar-refractivity contribution in [3.8, 4) is 11.5 Å². The van der Waals surface area contributed by atoms with Crippen molar-refractivity contribution in [3.05, 3.63) is 57.6 Å². The summed E-state index contributed by atoms with van der Waals surface area (Å²) in [4.78, 5) is 4.40. The van der Waals surface area contributed by atoms with Gasteiger partial charge in [0.2, 0.25) is 0 Å².